The molecule has 2 aromatic carbocycles. The maximum Gasteiger partial charge on any atom is 0.278 e. The van der Waals surface area contributed by atoms with Crippen LogP contribution in [0.15, 0.2) is 42.5 Å². The number of amides is 2. The quantitative estimate of drug-likeness (QED) is 0.832. The van der Waals surface area contributed by atoms with Crippen LogP contribution in [0.4, 0.5) is 11.4 Å². The van der Waals surface area contributed by atoms with E-state index in [0.717, 1.165) is 5.56 Å². The number of benzene rings is 2. The second kappa shape index (κ2) is 5.70. The average Bonchev–Trinajstić information content (AvgIpc) is 2.56. The Morgan fingerprint density at radius 2 is 2.04 bits per heavy atom. The van der Waals surface area contributed by atoms with E-state index in [1.54, 1.807) is 36.4 Å². The van der Waals surface area contributed by atoms with Gasteiger partial charge in [-0.2, -0.15) is 5.26 Å². The largest absolute Gasteiger partial charge is 0.466 e. The lowest BCUT2D eigenvalue weighted by atomic mass is 10.0. The van der Waals surface area contributed by atoms with Crippen LogP contribution in [0.5, 0.6) is 5.75 Å². The van der Waals surface area contributed by atoms with Crippen LogP contribution in [0.3, 0.4) is 0 Å². The third-order valence-electron chi connectivity index (χ3n) is 3.86. The molecular formula is C18H15N3O3. The number of rotatable bonds is 2. The number of para-hydroxylation sites is 1. The van der Waals surface area contributed by atoms with E-state index in [1.807, 2.05) is 19.1 Å². The van der Waals surface area contributed by atoms with Gasteiger partial charge in [0.1, 0.15) is 11.8 Å². The predicted molar refractivity (Wildman–Crippen MR) is 88.6 cm³/mol. The monoisotopic (exact) mass is 321 g/mol. The van der Waals surface area contributed by atoms with Crippen molar-refractivity contribution >= 4 is 23.2 Å². The number of nitrogens with one attached hydrogen (secondary N) is 2. The number of ether oxygens (including phenoxy) is 1. The molecule has 6 nitrogen and oxygen atoms in total. The Morgan fingerprint density at radius 1 is 1.29 bits per heavy atom. The molecule has 1 aliphatic heterocycles. The second-order valence-corrected chi connectivity index (χ2v) is 5.70. The van der Waals surface area contributed by atoms with Crippen LogP contribution in [-0.2, 0) is 9.59 Å². The minimum absolute atomic E-state index is 0.307. The van der Waals surface area contributed by atoms with Crippen molar-refractivity contribution in [3.63, 3.8) is 0 Å². The fourth-order valence-electron chi connectivity index (χ4n) is 2.42. The Labute approximate surface area is 139 Å². The molecule has 0 saturated heterocycles. The summed E-state index contributed by atoms with van der Waals surface area (Å²) in [7, 11) is 0. The van der Waals surface area contributed by atoms with Crippen LogP contribution in [0, 0.1) is 18.3 Å². The SMILES string of the molecule is Cc1ccc2c(c1)NC(=O)C(C)(C(=O)Nc1ccccc1C#N)O2. The summed E-state index contributed by atoms with van der Waals surface area (Å²) in [6.45, 7) is 3.29. The molecule has 0 bridgehead atoms. The third-order valence-corrected chi connectivity index (χ3v) is 3.86. The zero-order valence-electron chi connectivity index (χ0n) is 13.2. The number of fused-ring (bicyclic) bond motifs is 1. The Morgan fingerprint density at radius 3 is 2.79 bits per heavy atom. The van der Waals surface area contributed by atoms with Gasteiger partial charge in [0, 0.05) is 0 Å². The third kappa shape index (κ3) is 2.57. The smallest absolute Gasteiger partial charge is 0.278 e. The number of carbonyl (C=O) groups is 2. The molecule has 120 valence electrons. The van der Waals surface area contributed by atoms with Gasteiger partial charge in [-0.05, 0) is 43.7 Å². The fraction of sp³-hybridized carbons (Fsp3) is 0.167. The Hall–Kier alpha value is -3.33. The first-order valence-electron chi connectivity index (χ1n) is 7.36. The summed E-state index contributed by atoms with van der Waals surface area (Å²) in [5.74, 6) is -0.784. The minimum atomic E-state index is -1.73. The highest BCUT2D eigenvalue weighted by molar-refractivity contribution is 6.19. The summed E-state index contributed by atoms with van der Waals surface area (Å²) in [6, 6.07) is 13.9. The summed E-state index contributed by atoms with van der Waals surface area (Å²) < 4.78 is 5.69. The number of hydrogen-bond donors (Lipinski definition) is 2. The summed E-state index contributed by atoms with van der Waals surface area (Å²) in [6.07, 6.45) is 0. The number of carbonyl (C=O) groups excluding carboxylic acids is 2. The zero-order chi connectivity index (χ0) is 17.3. The molecule has 6 heteroatoms. The molecule has 2 amide bonds. The van der Waals surface area contributed by atoms with Gasteiger partial charge in [-0.25, -0.2) is 0 Å². The van der Waals surface area contributed by atoms with Crippen molar-refractivity contribution in [3.05, 3.63) is 53.6 Å². The molecule has 2 aromatic rings. The molecule has 1 atom stereocenters. The molecule has 0 saturated carbocycles. The zero-order valence-corrected chi connectivity index (χ0v) is 13.2. The van der Waals surface area contributed by atoms with Crippen LogP contribution < -0.4 is 15.4 Å². The summed E-state index contributed by atoms with van der Waals surface area (Å²) in [5, 5.41) is 14.4. The molecule has 2 N–H and O–H groups in total. The van der Waals surface area contributed by atoms with Crippen molar-refractivity contribution in [1.82, 2.24) is 0 Å². The van der Waals surface area contributed by atoms with Gasteiger partial charge in [0.15, 0.2) is 0 Å². The van der Waals surface area contributed by atoms with Crippen molar-refractivity contribution in [1.29, 1.82) is 5.26 Å². The lowest BCUT2D eigenvalue weighted by Gasteiger charge is -2.33. The standard InChI is InChI=1S/C18H15N3O3/c1-11-7-8-15-14(9-11)21-17(23)18(2,24-15)16(22)20-13-6-4-3-5-12(13)10-19/h3-9H,1-2H3,(H,20,22)(H,21,23). The molecule has 0 aromatic heterocycles. The van der Waals surface area contributed by atoms with E-state index in [9.17, 15) is 9.59 Å². The number of nitriles is 1. The molecule has 0 fully saturated rings. The van der Waals surface area contributed by atoms with E-state index in [2.05, 4.69) is 10.6 Å². The van der Waals surface area contributed by atoms with Gasteiger partial charge in [0.2, 0.25) is 0 Å². The molecule has 1 unspecified atom stereocenters. The Kier molecular flexibility index (Phi) is 3.70. The lowest BCUT2D eigenvalue weighted by Crippen LogP contribution is -2.56. The van der Waals surface area contributed by atoms with Crippen LogP contribution in [0.25, 0.3) is 0 Å². The van der Waals surface area contributed by atoms with Crippen molar-refractivity contribution < 1.29 is 14.3 Å². The molecule has 1 aliphatic rings. The van der Waals surface area contributed by atoms with E-state index in [-0.39, 0.29) is 0 Å². The average molecular weight is 321 g/mol. The lowest BCUT2D eigenvalue weighted by molar-refractivity contribution is -0.143. The highest BCUT2D eigenvalue weighted by atomic mass is 16.5. The van der Waals surface area contributed by atoms with Gasteiger partial charge < -0.3 is 15.4 Å². The van der Waals surface area contributed by atoms with Crippen molar-refractivity contribution in [2.75, 3.05) is 10.6 Å². The van der Waals surface area contributed by atoms with Gasteiger partial charge in [-0.15, -0.1) is 0 Å². The maximum absolute atomic E-state index is 12.6. The molecule has 1 heterocycles. The number of hydrogen-bond acceptors (Lipinski definition) is 4. The van der Waals surface area contributed by atoms with Crippen LogP contribution in [0.1, 0.15) is 18.1 Å². The molecule has 24 heavy (non-hydrogen) atoms. The highest BCUT2D eigenvalue weighted by Crippen LogP contribution is 2.35. The van der Waals surface area contributed by atoms with Crippen molar-refractivity contribution in [3.8, 4) is 11.8 Å². The molecule has 0 aliphatic carbocycles. The first kappa shape index (κ1) is 15.6. The number of aryl methyl sites for hydroxylation is 1. The fourth-order valence-corrected chi connectivity index (χ4v) is 2.42. The van der Waals surface area contributed by atoms with Crippen LogP contribution >= 0.6 is 0 Å². The van der Waals surface area contributed by atoms with Crippen molar-refractivity contribution in [2.45, 2.75) is 19.4 Å². The van der Waals surface area contributed by atoms with E-state index in [0.29, 0.717) is 22.7 Å². The summed E-state index contributed by atoms with van der Waals surface area (Å²) >= 11 is 0. The summed E-state index contributed by atoms with van der Waals surface area (Å²) in [5.41, 5.74) is 0.403. The van der Waals surface area contributed by atoms with Crippen LogP contribution in [0.2, 0.25) is 0 Å². The van der Waals surface area contributed by atoms with Gasteiger partial charge in [-0.3, -0.25) is 9.59 Å². The minimum Gasteiger partial charge on any atom is -0.466 e. The van der Waals surface area contributed by atoms with E-state index < -0.39 is 17.4 Å². The Balaban J connectivity index is 1.90. The Bertz CT molecular complexity index is 885. The van der Waals surface area contributed by atoms with E-state index in [1.165, 1.54) is 6.92 Å². The summed E-state index contributed by atoms with van der Waals surface area (Å²) in [4.78, 5) is 25.1. The molecule has 0 spiro atoms. The van der Waals surface area contributed by atoms with Gasteiger partial charge in [-0.1, -0.05) is 18.2 Å². The van der Waals surface area contributed by atoms with Gasteiger partial charge in [0.05, 0.1) is 16.9 Å². The first-order valence-corrected chi connectivity index (χ1v) is 7.36. The molecule has 3 rings (SSSR count). The topological polar surface area (TPSA) is 91.2 Å². The first-order chi connectivity index (χ1) is 11.4. The van der Waals surface area contributed by atoms with Gasteiger partial charge >= 0.3 is 0 Å². The number of nitrogens with zero attached hydrogens (tertiary/aromatic N) is 1. The van der Waals surface area contributed by atoms with Crippen LogP contribution in [-0.4, -0.2) is 17.4 Å². The maximum atomic E-state index is 12.6. The van der Waals surface area contributed by atoms with Gasteiger partial charge in [0.25, 0.3) is 17.4 Å². The number of anilines is 2. The second-order valence-electron chi connectivity index (χ2n) is 5.70. The van der Waals surface area contributed by atoms with E-state index >= 15 is 0 Å². The normalized spacial score (nSPS) is 18.6. The molecular weight excluding hydrogens is 306 g/mol. The van der Waals surface area contributed by atoms with E-state index in [4.69, 9.17) is 10.00 Å². The molecule has 0 radical (unpaired) electrons. The van der Waals surface area contributed by atoms with Crippen molar-refractivity contribution in [2.24, 2.45) is 0 Å². The highest BCUT2D eigenvalue weighted by Gasteiger charge is 2.47. The predicted octanol–water partition coefficient (Wildman–Crippen LogP) is 2.60.